The monoisotopic (exact) mass is 285 g/mol. The van der Waals surface area contributed by atoms with Crippen molar-refractivity contribution in [1.82, 2.24) is 4.90 Å². The van der Waals surface area contributed by atoms with Crippen molar-refractivity contribution in [2.24, 2.45) is 0 Å². The molecule has 0 aromatic carbocycles. The summed E-state index contributed by atoms with van der Waals surface area (Å²) < 4.78 is 5.15. The van der Waals surface area contributed by atoms with Crippen LogP contribution in [-0.4, -0.2) is 50.0 Å². The minimum atomic E-state index is -1.10. The lowest BCUT2D eigenvalue weighted by atomic mass is 10.2. The molecule has 1 aromatic rings. The van der Waals surface area contributed by atoms with Gasteiger partial charge in [0.2, 0.25) is 11.2 Å². The summed E-state index contributed by atoms with van der Waals surface area (Å²) in [5, 5.41) is 37.2. The van der Waals surface area contributed by atoms with Crippen LogP contribution in [0.5, 0.6) is 5.75 Å². The van der Waals surface area contributed by atoms with E-state index in [2.05, 4.69) is 0 Å². The highest BCUT2D eigenvalue weighted by Crippen LogP contribution is 2.24. The number of hydrogen-bond donors (Lipinski definition) is 4. The normalized spacial score (nSPS) is 23.1. The number of nitrogens with zero attached hydrogens (tertiary/aromatic N) is 1. The molecule has 4 N–H and O–H groups in total. The Morgan fingerprint density at radius 1 is 1.50 bits per heavy atom. The Morgan fingerprint density at radius 2 is 2.20 bits per heavy atom. The third-order valence-corrected chi connectivity index (χ3v) is 3.21. The Hall–Kier alpha value is -1.90. The first kappa shape index (κ1) is 14.5. The van der Waals surface area contributed by atoms with E-state index in [4.69, 9.17) is 14.6 Å². The second-order valence-corrected chi connectivity index (χ2v) is 4.68. The van der Waals surface area contributed by atoms with Gasteiger partial charge in [-0.15, -0.1) is 0 Å². The van der Waals surface area contributed by atoms with Gasteiger partial charge >= 0.3 is 5.97 Å². The lowest BCUT2D eigenvalue weighted by Crippen LogP contribution is -2.35. The van der Waals surface area contributed by atoms with Crippen LogP contribution in [-0.2, 0) is 17.9 Å². The van der Waals surface area contributed by atoms with E-state index in [9.17, 15) is 19.8 Å². The standard InChI is InChI=1S/C12H15NO7/c14-5-7-2-9(16)11(17)10(20-7)4-13-3-6(15)1-8(13)12(18)19/h2,6,8,14-15,17H,1,3-5H2,(H,18,19)/t6-,8-/m0/s1. The fraction of sp³-hybridized carbons (Fsp3) is 0.500. The summed E-state index contributed by atoms with van der Waals surface area (Å²) in [7, 11) is 0. The predicted molar refractivity (Wildman–Crippen MR) is 65.0 cm³/mol. The molecule has 1 aromatic heterocycles. The Labute approximate surface area is 113 Å². The number of aliphatic carboxylic acids is 1. The average Bonchev–Trinajstić information content (AvgIpc) is 2.75. The van der Waals surface area contributed by atoms with Crippen LogP contribution in [0, 0.1) is 0 Å². The van der Waals surface area contributed by atoms with Gasteiger partial charge in [0.1, 0.15) is 18.4 Å². The molecule has 8 heteroatoms. The molecule has 0 unspecified atom stereocenters. The van der Waals surface area contributed by atoms with Crippen LogP contribution in [0.1, 0.15) is 17.9 Å². The zero-order chi connectivity index (χ0) is 14.9. The second-order valence-electron chi connectivity index (χ2n) is 4.68. The highest BCUT2D eigenvalue weighted by Gasteiger charge is 2.36. The smallest absolute Gasteiger partial charge is 0.321 e. The number of hydrogen-bond acceptors (Lipinski definition) is 7. The summed E-state index contributed by atoms with van der Waals surface area (Å²) >= 11 is 0. The van der Waals surface area contributed by atoms with Gasteiger partial charge in [0.15, 0.2) is 5.76 Å². The molecule has 110 valence electrons. The molecule has 2 heterocycles. The molecule has 8 nitrogen and oxygen atoms in total. The number of carboxylic acid groups (broad SMARTS) is 1. The van der Waals surface area contributed by atoms with Crippen molar-refractivity contribution >= 4 is 5.97 Å². The maximum atomic E-state index is 11.5. The molecular formula is C12H15NO7. The Morgan fingerprint density at radius 3 is 2.80 bits per heavy atom. The van der Waals surface area contributed by atoms with Crippen LogP contribution in [0.3, 0.4) is 0 Å². The Kier molecular flexibility index (Phi) is 4.07. The molecule has 2 atom stereocenters. The quantitative estimate of drug-likeness (QED) is 0.545. The fourth-order valence-corrected chi connectivity index (χ4v) is 2.27. The van der Waals surface area contributed by atoms with E-state index in [0.717, 1.165) is 6.07 Å². The number of β-amino-alcohol motifs (C(OH)–C–C–N with tert-alkyl or cyclic N) is 1. The second kappa shape index (κ2) is 5.61. The molecule has 2 rings (SSSR count). The van der Waals surface area contributed by atoms with Crippen LogP contribution in [0.4, 0.5) is 0 Å². The van der Waals surface area contributed by atoms with Gasteiger partial charge in [-0.05, 0) is 0 Å². The van der Waals surface area contributed by atoms with E-state index in [1.54, 1.807) is 0 Å². The lowest BCUT2D eigenvalue weighted by Gasteiger charge is -2.20. The molecule has 1 aliphatic heterocycles. The minimum absolute atomic E-state index is 0.0191. The van der Waals surface area contributed by atoms with Crippen molar-refractivity contribution in [3.05, 3.63) is 27.8 Å². The van der Waals surface area contributed by atoms with Gasteiger partial charge in [0.25, 0.3) is 0 Å². The van der Waals surface area contributed by atoms with Crippen molar-refractivity contribution in [2.75, 3.05) is 6.54 Å². The molecule has 0 aliphatic carbocycles. The minimum Gasteiger partial charge on any atom is -0.502 e. The summed E-state index contributed by atoms with van der Waals surface area (Å²) in [6.45, 7) is -0.542. The number of aliphatic hydroxyl groups excluding tert-OH is 2. The molecule has 0 saturated carbocycles. The number of carbonyl (C=O) groups is 1. The largest absolute Gasteiger partial charge is 0.502 e. The lowest BCUT2D eigenvalue weighted by molar-refractivity contribution is -0.142. The first-order chi connectivity index (χ1) is 9.42. The third-order valence-electron chi connectivity index (χ3n) is 3.21. The van der Waals surface area contributed by atoms with E-state index >= 15 is 0 Å². The first-order valence-electron chi connectivity index (χ1n) is 6.03. The van der Waals surface area contributed by atoms with Gasteiger partial charge in [0, 0.05) is 19.0 Å². The number of rotatable bonds is 4. The Balaban J connectivity index is 2.27. The van der Waals surface area contributed by atoms with Crippen LogP contribution >= 0.6 is 0 Å². The number of aromatic hydroxyl groups is 1. The van der Waals surface area contributed by atoms with Gasteiger partial charge < -0.3 is 24.8 Å². The number of carboxylic acids is 1. The van der Waals surface area contributed by atoms with Crippen molar-refractivity contribution in [3.8, 4) is 5.75 Å². The summed E-state index contributed by atoms with van der Waals surface area (Å²) in [6, 6.07) is 0.0549. The first-order valence-corrected chi connectivity index (χ1v) is 6.03. The molecule has 0 bridgehead atoms. The molecule has 0 spiro atoms. The van der Waals surface area contributed by atoms with E-state index in [1.807, 2.05) is 0 Å². The molecular weight excluding hydrogens is 270 g/mol. The molecule has 20 heavy (non-hydrogen) atoms. The summed E-state index contributed by atoms with van der Waals surface area (Å²) in [5.74, 6) is -1.86. The number of likely N-dealkylation sites (tertiary alicyclic amines) is 1. The zero-order valence-corrected chi connectivity index (χ0v) is 10.5. The van der Waals surface area contributed by atoms with Crippen LogP contribution in [0.2, 0.25) is 0 Å². The van der Waals surface area contributed by atoms with Crippen LogP contribution in [0.25, 0.3) is 0 Å². The molecule has 1 aliphatic rings. The highest BCUT2D eigenvalue weighted by atomic mass is 16.4. The van der Waals surface area contributed by atoms with Crippen LogP contribution < -0.4 is 5.43 Å². The predicted octanol–water partition coefficient (Wildman–Crippen LogP) is -1.14. The maximum absolute atomic E-state index is 11.5. The molecule has 1 saturated heterocycles. The molecule has 1 fully saturated rings. The van der Waals surface area contributed by atoms with Gasteiger partial charge in [-0.3, -0.25) is 14.5 Å². The topological polar surface area (TPSA) is 131 Å². The van der Waals surface area contributed by atoms with Gasteiger partial charge in [-0.25, -0.2) is 0 Å². The van der Waals surface area contributed by atoms with E-state index < -0.39 is 35.9 Å². The molecule has 0 radical (unpaired) electrons. The van der Waals surface area contributed by atoms with Crippen molar-refractivity contribution < 1.29 is 29.6 Å². The average molecular weight is 285 g/mol. The number of aliphatic hydroxyl groups is 2. The van der Waals surface area contributed by atoms with E-state index in [-0.39, 0.29) is 31.0 Å². The summed E-state index contributed by atoms with van der Waals surface area (Å²) in [6.07, 6.45) is -0.717. The van der Waals surface area contributed by atoms with E-state index in [0.29, 0.717) is 0 Å². The van der Waals surface area contributed by atoms with E-state index in [1.165, 1.54) is 4.90 Å². The fourth-order valence-electron chi connectivity index (χ4n) is 2.27. The molecule has 0 amide bonds. The van der Waals surface area contributed by atoms with Crippen molar-refractivity contribution in [1.29, 1.82) is 0 Å². The summed E-state index contributed by atoms with van der Waals surface area (Å²) in [4.78, 5) is 23.9. The van der Waals surface area contributed by atoms with Gasteiger partial charge in [0.05, 0.1) is 12.6 Å². The van der Waals surface area contributed by atoms with Crippen LogP contribution in [0.15, 0.2) is 15.3 Å². The van der Waals surface area contributed by atoms with Crippen molar-refractivity contribution in [3.63, 3.8) is 0 Å². The van der Waals surface area contributed by atoms with Gasteiger partial charge in [-0.2, -0.15) is 0 Å². The van der Waals surface area contributed by atoms with Crippen molar-refractivity contribution in [2.45, 2.75) is 31.7 Å². The van der Waals surface area contributed by atoms with Gasteiger partial charge in [-0.1, -0.05) is 0 Å². The Bertz CT molecular complexity index is 567. The third kappa shape index (κ3) is 2.82. The zero-order valence-electron chi connectivity index (χ0n) is 10.5. The summed E-state index contributed by atoms with van der Waals surface area (Å²) in [5.41, 5.74) is -0.707. The maximum Gasteiger partial charge on any atom is 0.321 e. The SMILES string of the molecule is O=C(O)[C@@H]1C[C@H](O)CN1Cc1oc(CO)cc(=O)c1O. The highest BCUT2D eigenvalue weighted by molar-refractivity contribution is 5.74.